The predicted molar refractivity (Wildman–Crippen MR) is 56.4 cm³/mol. The van der Waals surface area contributed by atoms with Gasteiger partial charge in [0.15, 0.2) is 0 Å². The molecular formula is C11H24FN. The molecule has 2 N–H and O–H groups in total. The lowest BCUT2D eigenvalue weighted by Crippen LogP contribution is -2.34. The van der Waals surface area contributed by atoms with Crippen LogP contribution in [0, 0.1) is 17.8 Å². The van der Waals surface area contributed by atoms with Crippen molar-refractivity contribution >= 4 is 0 Å². The van der Waals surface area contributed by atoms with E-state index in [0.29, 0.717) is 12.5 Å². The molecule has 0 aliphatic rings. The van der Waals surface area contributed by atoms with Crippen molar-refractivity contribution in [3.63, 3.8) is 0 Å². The number of halogens is 1. The second-order valence-corrected chi connectivity index (χ2v) is 4.16. The Hall–Kier alpha value is -0.110. The van der Waals surface area contributed by atoms with Crippen LogP contribution >= 0.6 is 0 Å². The van der Waals surface area contributed by atoms with E-state index in [1.54, 1.807) is 0 Å². The predicted octanol–water partition coefficient (Wildman–Crippen LogP) is 2.99. The molecule has 1 nitrogen and oxygen atoms in total. The van der Waals surface area contributed by atoms with Gasteiger partial charge in [-0.3, -0.25) is 0 Å². The Morgan fingerprint density at radius 2 is 1.62 bits per heavy atom. The molecule has 2 heteroatoms. The Bertz CT molecular complexity index is 121. The Morgan fingerprint density at radius 3 is 1.85 bits per heavy atom. The molecule has 0 aromatic heterocycles. The van der Waals surface area contributed by atoms with Crippen LogP contribution in [0.5, 0.6) is 0 Å². The number of hydrogen-bond acceptors (Lipinski definition) is 1. The third-order valence-corrected chi connectivity index (χ3v) is 3.04. The first kappa shape index (κ1) is 12.9. The summed E-state index contributed by atoms with van der Waals surface area (Å²) in [7, 11) is 0. The van der Waals surface area contributed by atoms with E-state index in [4.69, 9.17) is 5.73 Å². The second-order valence-electron chi connectivity index (χ2n) is 4.16. The summed E-state index contributed by atoms with van der Waals surface area (Å²) < 4.78 is 13.9. The zero-order valence-corrected chi connectivity index (χ0v) is 9.39. The van der Waals surface area contributed by atoms with Gasteiger partial charge in [0, 0.05) is 5.92 Å². The molecule has 0 aliphatic heterocycles. The van der Waals surface area contributed by atoms with Crippen LogP contribution in [0.25, 0.3) is 0 Å². The van der Waals surface area contributed by atoms with Crippen LogP contribution in [0.15, 0.2) is 0 Å². The van der Waals surface area contributed by atoms with Crippen molar-refractivity contribution in [3.8, 4) is 0 Å². The van der Waals surface area contributed by atoms with Crippen molar-refractivity contribution in [2.75, 3.05) is 6.54 Å². The molecular weight excluding hydrogens is 165 g/mol. The van der Waals surface area contributed by atoms with Gasteiger partial charge in [-0.15, -0.1) is 0 Å². The molecule has 0 heterocycles. The third-order valence-electron chi connectivity index (χ3n) is 3.04. The SMILES string of the molecule is CCC(CC)C(F)C(CN)C(C)C. The number of rotatable bonds is 6. The van der Waals surface area contributed by atoms with E-state index < -0.39 is 6.17 Å². The van der Waals surface area contributed by atoms with E-state index in [2.05, 4.69) is 13.8 Å². The molecule has 0 saturated carbocycles. The van der Waals surface area contributed by atoms with E-state index in [1.165, 1.54) is 0 Å². The summed E-state index contributed by atoms with van der Waals surface area (Å²) in [5, 5.41) is 0. The molecule has 0 saturated heterocycles. The van der Waals surface area contributed by atoms with E-state index in [-0.39, 0.29) is 11.8 Å². The van der Waals surface area contributed by atoms with Gasteiger partial charge in [0.2, 0.25) is 0 Å². The molecule has 2 atom stereocenters. The van der Waals surface area contributed by atoms with E-state index in [9.17, 15) is 4.39 Å². The van der Waals surface area contributed by atoms with Crippen LogP contribution in [0.1, 0.15) is 40.5 Å². The van der Waals surface area contributed by atoms with E-state index in [0.717, 1.165) is 12.8 Å². The number of alkyl halides is 1. The third kappa shape index (κ3) is 3.63. The minimum Gasteiger partial charge on any atom is -0.330 e. The van der Waals surface area contributed by atoms with Crippen molar-refractivity contribution in [3.05, 3.63) is 0 Å². The first-order chi connectivity index (χ1) is 6.08. The molecule has 0 rings (SSSR count). The topological polar surface area (TPSA) is 26.0 Å². The summed E-state index contributed by atoms with van der Waals surface area (Å²) in [4.78, 5) is 0. The standard InChI is InChI=1S/C11H24FN/c1-5-9(6-2)11(12)10(7-13)8(3)4/h8-11H,5-7,13H2,1-4H3. The molecule has 0 bridgehead atoms. The first-order valence-corrected chi connectivity index (χ1v) is 5.42. The van der Waals surface area contributed by atoms with Crippen LogP contribution in [-0.4, -0.2) is 12.7 Å². The lowest BCUT2D eigenvalue weighted by atomic mass is 9.82. The molecule has 0 radical (unpaired) electrons. The summed E-state index contributed by atoms with van der Waals surface area (Å²) in [6.45, 7) is 8.66. The molecule has 0 aromatic rings. The van der Waals surface area contributed by atoms with Gasteiger partial charge >= 0.3 is 0 Å². The maximum absolute atomic E-state index is 13.9. The smallest absolute Gasteiger partial charge is 0.107 e. The first-order valence-electron chi connectivity index (χ1n) is 5.42. The fraction of sp³-hybridized carbons (Fsp3) is 1.00. The van der Waals surface area contributed by atoms with Crippen molar-refractivity contribution in [2.45, 2.75) is 46.7 Å². The lowest BCUT2D eigenvalue weighted by Gasteiger charge is -2.28. The van der Waals surface area contributed by atoms with Gasteiger partial charge in [-0.05, 0) is 18.4 Å². The highest BCUT2D eigenvalue weighted by Crippen LogP contribution is 2.27. The molecule has 80 valence electrons. The normalized spacial score (nSPS) is 16.6. The number of nitrogens with two attached hydrogens (primary N) is 1. The van der Waals surface area contributed by atoms with Crippen LogP contribution in [0.2, 0.25) is 0 Å². The minimum absolute atomic E-state index is 0.0323. The Balaban J connectivity index is 4.24. The molecule has 0 aliphatic carbocycles. The maximum atomic E-state index is 13.9. The fourth-order valence-electron chi connectivity index (χ4n) is 1.86. The summed E-state index contributed by atoms with van der Waals surface area (Å²) in [6.07, 6.45) is 1.11. The van der Waals surface area contributed by atoms with Crippen LogP contribution < -0.4 is 5.73 Å². The van der Waals surface area contributed by atoms with Crippen molar-refractivity contribution in [2.24, 2.45) is 23.5 Å². The molecule has 0 spiro atoms. The summed E-state index contributed by atoms with van der Waals surface area (Å²) in [5.41, 5.74) is 5.58. The molecule has 0 fully saturated rings. The monoisotopic (exact) mass is 189 g/mol. The van der Waals surface area contributed by atoms with E-state index >= 15 is 0 Å². The Morgan fingerprint density at radius 1 is 1.15 bits per heavy atom. The highest BCUT2D eigenvalue weighted by atomic mass is 19.1. The minimum atomic E-state index is -0.722. The lowest BCUT2D eigenvalue weighted by molar-refractivity contribution is 0.115. The fourth-order valence-corrected chi connectivity index (χ4v) is 1.86. The quantitative estimate of drug-likeness (QED) is 0.683. The van der Waals surface area contributed by atoms with E-state index in [1.807, 2.05) is 13.8 Å². The highest BCUT2D eigenvalue weighted by molar-refractivity contribution is 4.78. The summed E-state index contributed by atoms with van der Waals surface area (Å²) in [6, 6.07) is 0. The summed E-state index contributed by atoms with van der Waals surface area (Å²) >= 11 is 0. The largest absolute Gasteiger partial charge is 0.330 e. The van der Waals surface area contributed by atoms with Gasteiger partial charge in [0.25, 0.3) is 0 Å². The van der Waals surface area contributed by atoms with Gasteiger partial charge in [-0.1, -0.05) is 40.5 Å². The number of hydrogen-bond donors (Lipinski definition) is 1. The zero-order valence-electron chi connectivity index (χ0n) is 9.39. The summed E-state index contributed by atoms with van der Waals surface area (Å²) in [5.74, 6) is 0.571. The molecule has 0 amide bonds. The average Bonchev–Trinajstić information content (AvgIpc) is 2.07. The molecule has 0 aromatic carbocycles. The zero-order chi connectivity index (χ0) is 10.4. The van der Waals surface area contributed by atoms with Crippen LogP contribution in [-0.2, 0) is 0 Å². The van der Waals surface area contributed by atoms with Gasteiger partial charge in [0.05, 0.1) is 0 Å². The van der Waals surface area contributed by atoms with Gasteiger partial charge in [-0.2, -0.15) is 0 Å². The van der Waals surface area contributed by atoms with Crippen molar-refractivity contribution < 1.29 is 4.39 Å². The van der Waals surface area contributed by atoms with Crippen molar-refractivity contribution in [1.29, 1.82) is 0 Å². The van der Waals surface area contributed by atoms with Crippen molar-refractivity contribution in [1.82, 2.24) is 0 Å². The molecule has 13 heavy (non-hydrogen) atoms. The second kappa shape index (κ2) is 6.36. The van der Waals surface area contributed by atoms with Crippen LogP contribution in [0.3, 0.4) is 0 Å². The maximum Gasteiger partial charge on any atom is 0.107 e. The Labute approximate surface area is 81.9 Å². The Kier molecular flexibility index (Phi) is 6.31. The van der Waals surface area contributed by atoms with Gasteiger partial charge in [-0.25, -0.2) is 4.39 Å². The molecule has 2 unspecified atom stereocenters. The van der Waals surface area contributed by atoms with Gasteiger partial charge < -0.3 is 5.73 Å². The highest BCUT2D eigenvalue weighted by Gasteiger charge is 2.28. The van der Waals surface area contributed by atoms with Crippen LogP contribution in [0.4, 0.5) is 4.39 Å². The average molecular weight is 189 g/mol. The van der Waals surface area contributed by atoms with Gasteiger partial charge in [0.1, 0.15) is 6.17 Å².